The summed E-state index contributed by atoms with van der Waals surface area (Å²) in [7, 11) is 4.11. The molecule has 1 amide bonds. The minimum Gasteiger partial charge on any atom is -0.322 e. The molecule has 0 atom stereocenters. The van der Waals surface area contributed by atoms with Crippen molar-refractivity contribution in [1.29, 1.82) is 0 Å². The van der Waals surface area contributed by atoms with E-state index in [1.54, 1.807) is 23.2 Å². The largest absolute Gasteiger partial charge is 0.322 e. The second kappa shape index (κ2) is 9.68. The SMILES string of the molecule is CN(C)Cc1cccc2c1C=C(C1=CC(NC(=O)c3cnn(Cc4ccccc4)c3)=CCC1=O)C2. The fourth-order valence-electron chi connectivity index (χ4n) is 4.60. The van der Waals surface area contributed by atoms with Crippen LogP contribution in [0.5, 0.6) is 0 Å². The number of fused-ring (bicyclic) bond motifs is 1. The van der Waals surface area contributed by atoms with E-state index in [1.807, 2.05) is 36.4 Å². The molecule has 0 aliphatic heterocycles. The monoisotopic (exact) mass is 464 g/mol. The lowest BCUT2D eigenvalue weighted by Gasteiger charge is -2.14. The molecule has 0 unspecified atom stereocenters. The lowest BCUT2D eigenvalue weighted by Crippen LogP contribution is -2.24. The van der Waals surface area contributed by atoms with Gasteiger partial charge in [0.15, 0.2) is 5.78 Å². The van der Waals surface area contributed by atoms with Crippen molar-refractivity contribution in [3.8, 4) is 0 Å². The van der Waals surface area contributed by atoms with Gasteiger partial charge in [-0.25, -0.2) is 0 Å². The van der Waals surface area contributed by atoms with E-state index in [4.69, 9.17) is 0 Å². The number of aromatic nitrogens is 2. The summed E-state index contributed by atoms with van der Waals surface area (Å²) in [5, 5.41) is 7.27. The molecule has 0 saturated carbocycles. The number of ketones is 1. The average molecular weight is 465 g/mol. The molecule has 2 aliphatic rings. The van der Waals surface area contributed by atoms with E-state index in [1.165, 1.54) is 16.7 Å². The Labute approximate surface area is 205 Å². The van der Waals surface area contributed by atoms with Gasteiger partial charge in [-0.15, -0.1) is 0 Å². The van der Waals surface area contributed by atoms with Crippen LogP contribution in [0.25, 0.3) is 6.08 Å². The summed E-state index contributed by atoms with van der Waals surface area (Å²) in [6.45, 7) is 1.44. The summed E-state index contributed by atoms with van der Waals surface area (Å²) in [5.41, 5.74) is 7.61. The third-order valence-electron chi connectivity index (χ3n) is 6.27. The van der Waals surface area contributed by atoms with Crippen molar-refractivity contribution in [2.75, 3.05) is 14.1 Å². The zero-order valence-electron chi connectivity index (χ0n) is 20.0. The highest BCUT2D eigenvalue weighted by Gasteiger charge is 2.24. The summed E-state index contributed by atoms with van der Waals surface area (Å²) in [6, 6.07) is 16.3. The molecule has 0 fully saturated rings. The highest BCUT2D eigenvalue weighted by atomic mass is 16.1. The van der Waals surface area contributed by atoms with Crippen LogP contribution in [0.15, 0.2) is 89.9 Å². The lowest BCUT2D eigenvalue weighted by atomic mass is 9.93. The van der Waals surface area contributed by atoms with Gasteiger partial charge in [-0.3, -0.25) is 14.3 Å². The molecule has 1 aromatic heterocycles. The van der Waals surface area contributed by atoms with Crippen LogP contribution in [0, 0.1) is 0 Å². The number of allylic oxidation sites excluding steroid dienone is 4. The molecule has 35 heavy (non-hydrogen) atoms. The maximum atomic E-state index is 12.9. The Morgan fingerprint density at radius 2 is 1.91 bits per heavy atom. The van der Waals surface area contributed by atoms with Crippen molar-refractivity contribution in [2.24, 2.45) is 0 Å². The van der Waals surface area contributed by atoms with Gasteiger partial charge in [0.2, 0.25) is 0 Å². The molecule has 6 nitrogen and oxygen atoms in total. The number of carbonyl (C=O) groups is 2. The second-order valence-corrected chi connectivity index (χ2v) is 9.29. The van der Waals surface area contributed by atoms with E-state index >= 15 is 0 Å². The third kappa shape index (κ3) is 5.08. The standard InChI is InChI=1S/C29H28N4O2/c1-32(2)18-22-10-6-9-21-13-23(14-26(21)22)27-15-25(11-12-28(27)34)31-29(35)24-16-30-33(19-24)17-20-7-4-3-5-8-20/h3-11,14-16,19H,12-13,17-18H2,1-2H3,(H,31,35). The van der Waals surface area contributed by atoms with Gasteiger partial charge in [-0.05, 0) is 54.4 Å². The smallest absolute Gasteiger partial charge is 0.258 e. The molecule has 0 bridgehead atoms. The van der Waals surface area contributed by atoms with E-state index in [2.05, 4.69) is 53.7 Å². The van der Waals surface area contributed by atoms with Crippen LogP contribution in [-0.4, -0.2) is 40.5 Å². The Bertz CT molecular complexity index is 1380. The molecule has 1 heterocycles. The molecule has 176 valence electrons. The number of amides is 1. The van der Waals surface area contributed by atoms with Crippen LogP contribution in [0.1, 0.15) is 39.0 Å². The lowest BCUT2D eigenvalue weighted by molar-refractivity contribution is -0.114. The Balaban J connectivity index is 1.31. The van der Waals surface area contributed by atoms with E-state index in [9.17, 15) is 9.59 Å². The minimum absolute atomic E-state index is 0.0758. The van der Waals surface area contributed by atoms with Crippen LogP contribution in [0.4, 0.5) is 0 Å². The number of benzene rings is 2. The summed E-state index contributed by atoms with van der Waals surface area (Å²) in [4.78, 5) is 27.8. The number of Topliss-reactive ketones (excluding diaryl/α,β-unsaturated/α-hetero) is 1. The minimum atomic E-state index is -0.238. The zero-order chi connectivity index (χ0) is 24.4. The molecule has 0 spiro atoms. The van der Waals surface area contributed by atoms with Gasteiger partial charge in [0.25, 0.3) is 5.91 Å². The summed E-state index contributed by atoms with van der Waals surface area (Å²) in [6.07, 6.45) is 10.0. The molecular formula is C29H28N4O2. The van der Waals surface area contributed by atoms with Gasteiger partial charge < -0.3 is 10.2 Å². The van der Waals surface area contributed by atoms with Crippen molar-refractivity contribution in [3.05, 3.63) is 118 Å². The number of carbonyl (C=O) groups excluding carboxylic acids is 2. The highest BCUT2D eigenvalue weighted by Crippen LogP contribution is 2.34. The van der Waals surface area contributed by atoms with Crippen LogP contribution >= 0.6 is 0 Å². The molecule has 6 heteroatoms. The van der Waals surface area contributed by atoms with Gasteiger partial charge in [0.05, 0.1) is 18.3 Å². The normalized spacial score (nSPS) is 14.9. The Hall–Kier alpha value is -4.03. The predicted octanol–water partition coefficient (Wildman–Crippen LogP) is 4.15. The zero-order valence-corrected chi connectivity index (χ0v) is 20.0. The first-order valence-corrected chi connectivity index (χ1v) is 11.8. The first-order chi connectivity index (χ1) is 17.0. The third-order valence-corrected chi connectivity index (χ3v) is 6.27. The van der Waals surface area contributed by atoms with Crippen molar-refractivity contribution >= 4 is 17.8 Å². The molecule has 0 saturated heterocycles. The fourth-order valence-corrected chi connectivity index (χ4v) is 4.60. The molecule has 1 N–H and O–H groups in total. The number of hydrogen-bond donors (Lipinski definition) is 1. The predicted molar refractivity (Wildman–Crippen MR) is 137 cm³/mol. The first-order valence-electron chi connectivity index (χ1n) is 11.8. The van der Waals surface area contributed by atoms with Gasteiger partial charge in [-0.2, -0.15) is 5.10 Å². The van der Waals surface area contributed by atoms with Crippen LogP contribution in [0.2, 0.25) is 0 Å². The molecule has 2 aliphatic carbocycles. The molecule has 3 aromatic rings. The van der Waals surface area contributed by atoms with Crippen LogP contribution < -0.4 is 5.32 Å². The van der Waals surface area contributed by atoms with E-state index < -0.39 is 0 Å². The topological polar surface area (TPSA) is 67.2 Å². The second-order valence-electron chi connectivity index (χ2n) is 9.29. The Morgan fingerprint density at radius 1 is 1.09 bits per heavy atom. The van der Waals surface area contributed by atoms with E-state index in [0.29, 0.717) is 23.4 Å². The van der Waals surface area contributed by atoms with Crippen molar-refractivity contribution in [3.63, 3.8) is 0 Å². The van der Waals surface area contributed by atoms with Gasteiger partial charge in [0.1, 0.15) is 0 Å². The van der Waals surface area contributed by atoms with Crippen molar-refractivity contribution < 1.29 is 9.59 Å². The van der Waals surface area contributed by atoms with Crippen LogP contribution in [-0.2, 0) is 24.3 Å². The number of nitrogens with one attached hydrogen (secondary N) is 1. The maximum Gasteiger partial charge on any atom is 0.258 e. The van der Waals surface area contributed by atoms with E-state index in [-0.39, 0.29) is 18.1 Å². The average Bonchev–Trinajstić information content (AvgIpc) is 3.48. The number of rotatable bonds is 7. The van der Waals surface area contributed by atoms with Gasteiger partial charge in [0, 0.05) is 30.4 Å². The summed E-state index contributed by atoms with van der Waals surface area (Å²) in [5.74, 6) is -0.163. The summed E-state index contributed by atoms with van der Waals surface area (Å²) < 4.78 is 1.75. The number of hydrogen-bond acceptors (Lipinski definition) is 4. The van der Waals surface area contributed by atoms with Gasteiger partial charge >= 0.3 is 0 Å². The quantitative estimate of drug-likeness (QED) is 0.571. The Kier molecular flexibility index (Phi) is 6.29. The first kappa shape index (κ1) is 22.7. The highest BCUT2D eigenvalue weighted by molar-refractivity contribution is 6.04. The molecule has 5 rings (SSSR count). The summed E-state index contributed by atoms with van der Waals surface area (Å²) >= 11 is 0. The van der Waals surface area contributed by atoms with Crippen molar-refractivity contribution in [1.82, 2.24) is 20.0 Å². The Morgan fingerprint density at radius 3 is 2.71 bits per heavy atom. The maximum absolute atomic E-state index is 12.9. The van der Waals surface area contributed by atoms with E-state index in [0.717, 1.165) is 24.1 Å². The van der Waals surface area contributed by atoms with Crippen LogP contribution in [0.3, 0.4) is 0 Å². The molecular weight excluding hydrogens is 436 g/mol. The van der Waals surface area contributed by atoms with Crippen molar-refractivity contribution in [2.45, 2.75) is 25.9 Å². The van der Waals surface area contributed by atoms with Gasteiger partial charge in [-0.1, -0.05) is 60.7 Å². The molecule has 0 radical (unpaired) electrons. The molecule has 2 aromatic carbocycles. The number of nitrogens with zero attached hydrogens (tertiary/aromatic N) is 3. The fraction of sp³-hybridized carbons (Fsp3) is 0.207.